The summed E-state index contributed by atoms with van der Waals surface area (Å²) >= 11 is 7.38. The average molecular weight is 343 g/mol. The molecule has 0 bridgehead atoms. The van der Waals surface area contributed by atoms with Gasteiger partial charge in [-0.25, -0.2) is 0 Å². The summed E-state index contributed by atoms with van der Waals surface area (Å²) in [7, 11) is 1.62. The molecule has 120 valence electrons. The van der Waals surface area contributed by atoms with Gasteiger partial charge in [0.1, 0.15) is 11.9 Å². The fourth-order valence-corrected chi connectivity index (χ4v) is 3.33. The van der Waals surface area contributed by atoms with Crippen LogP contribution >= 0.6 is 22.9 Å². The summed E-state index contributed by atoms with van der Waals surface area (Å²) < 4.78 is 11.2. The number of thiophene rings is 1. The summed E-state index contributed by atoms with van der Waals surface area (Å²) in [4.78, 5) is 13.0. The van der Waals surface area contributed by atoms with Gasteiger partial charge in [-0.2, -0.15) is 0 Å². The van der Waals surface area contributed by atoms with Crippen molar-refractivity contribution in [3.8, 4) is 0 Å². The zero-order valence-corrected chi connectivity index (χ0v) is 14.4. The molecule has 1 amide bonds. The molecule has 0 saturated heterocycles. The molecule has 22 heavy (non-hydrogen) atoms. The Balaban J connectivity index is 1.82. The molecule has 0 spiro atoms. The molecular weight excluding hydrogens is 324 g/mol. The molecule has 0 aliphatic carbocycles. The van der Waals surface area contributed by atoms with Crippen LogP contribution in [0.3, 0.4) is 0 Å². The van der Waals surface area contributed by atoms with Gasteiger partial charge < -0.3 is 14.6 Å². The Morgan fingerprint density at radius 3 is 2.82 bits per heavy atom. The summed E-state index contributed by atoms with van der Waals surface area (Å²) in [6.07, 6.45) is 0.834. The number of carbonyl (C=O) groups excluding carboxylic acids is 1. The minimum Gasteiger partial charge on any atom is -0.374 e. The van der Waals surface area contributed by atoms with E-state index in [1.54, 1.807) is 7.11 Å². The normalized spacial score (nSPS) is 12.4. The topological polar surface area (TPSA) is 64.4 Å². The van der Waals surface area contributed by atoms with Gasteiger partial charge in [-0.15, -0.1) is 11.3 Å². The van der Waals surface area contributed by atoms with E-state index in [0.29, 0.717) is 23.7 Å². The van der Waals surface area contributed by atoms with Crippen molar-refractivity contribution in [2.45, 2.75) is 32.8 Å². The number of amides is 1. The highest BCUT2D eigenvalue weighted by Gasteiger charge is 2.15. The molecule has 0 fully saturated rings. The summed E-state index contributed by atoms with van der Waals surface area (Å²) in [5.74, 6) is 0.748. The Morgan fingerprint density at radius 2 is 2.27 bits per heavy atom. The smallest absolute Gasteiger partial charge is 0.220 e. The number of nitrogens with zero attached hydrogens (tertiary/aromatic N) is 1. The molecule has 0 radical (unpaired) electrons. The second kappa shape index (κ2) is 7.76. The van der Waals surface area contributed by atoms with E-state index < -0.39 is 0 Å². The molecular formula is C15H19ClN2O3S. The number of hydrogen-bond acceptors (Lipinski definition) is 5. The first kappa shape index (κ1) is 17.0. The van der Waals surface area contributed by atoms with Gasteiger partial charge in [-0.3, -0.25) is 4.79 Å². The van der Waals surface area contributed by atoms with Crippen LogP contribution in [0.15, 0.2) is 16.7 Å². The fraction of sp³-hybridized carbons (Fsp3) is 0.467. The largest absolute Gasteiger partial charge is 0.374 e. The van der Waals surface area contributed by atoms with Gasteiger partial charge in [0, 0.05) is 30.5 Å². The number of nitrogens with one attached hydrogen (secondary N) is 1. The summed E-state index contributed by atoms with van der Waals surface area (Å²) in [6.45, 7) is 4.16. The van der Waals surface area contributed by atoms with E-state index in [1.807, 2.05) is 26.0 Å². The lowest BCUT2D eigenvalue weighted by molar-refractivity contribution is -0.121. The van der Waals surface area contributed by atoms with Gasteiger partial charge >= 0.3 is 0 Å². The maximum atomic E-state index is 12.0. The van der Waals surface area contributed by atoms with Gasteiger partial charge in [0.05, 0.1) is 10.0 Å². The molecule has 0 saturated carbocycles. The third kappa shape index (κ3) is 4.32. The van der Waals surface area contributed by atoms with E-state index in [9.17, 15) is 4.79 Å². The number of methoxy groups -OCH3 is 1. The average Bonchev–Trinajstić information content (AvgIpc) is 3.05. The van der Waals surface area contributed by atoms with Crippen LogP contribution in [-0.2, 0) is 16.0 Å². The summed E-state index contributed by atoms with van der Waals surface area (Å²) in [5.41, 5.74) is 1.84. The van der Waals surface area contributed by atoms with Crippen LogP contribution in [0.5, 0.6) is 0 Å². The van der Waals surface area contributed by atoms with Crippen LogP contribution in [0.4, 0.5) is 0 Å². The molecule has 0 aliphatic heterocycles. The number of halogens is 1. The number of hydrogen-bond donors (Lipinski definition) is 1. The maximum absolute atomic E-state index is 12.0. The molecule has 2 aromatic heterocycles. The highest BCUT2D eigenvalue weighted by Crippen LogP contribution is 2.28. The van der Waals surface area contributed by atoms with Crippen LogP contribution in [0, 0.1) is 13.8 Å². The minimum atomic E-state index is -0.180. The number of aromatic nitrogens is 1. The molecule has 2 heterocycles. The first-order valence-electron chi connectivity index (χ1n) is 6.97. The van der Waals surface area contributed by atoms with Crippen molar-refractivity contribution < 1.29 is 14.1 Å². The van der Waals surface area contributed by atoms with Crippen molar-refractivity contribution in [3.05, 3.63) is 38.4 Å². The molecule has 1 N–H and O–H groups in total. The Labute approximate surface area is 138 Å². The second-order valence-corrected chi connectivity index (χ2v) is 6.72. The highest BCUT2D eigenvalue weighted by atomic mass is 35.5. The predicted molar refractivity (Wildman–Crippen MR) is 86.4 cm³/mol. The molecule has 1 atom stereocenters. The fourth-order valence-electron chi connectivity index (χ4n) is 2.19. The third-order valence-electron chi connectivity index (χ3n) is 3.46. The van der Waals surface area contributed by atoms with E-state index >= 15 is 0 Å². The van der Waals surface area contributed by atoms with Crippen LogP contribution in [0.2, 0.25) is 4.34 Å². The molecule has 0 aliphatic rings. The molecule has 2 rings (SSSR count). The zero-order chi connectivity index (χ0) is 16.1. The predicted octanol–water partition coefficient (Wildman–Crippen LogP) is 3.44. The summed E-state index contributed by atoms with van der Waals surface area (Å²) in [6, 6.07) is 3.74. The maximum Gasteiger partial charge on any atom is 0.220 e. The van der Waals surface area contributed by atoms with E-state index in [-0.39, 0.29) is 12.0 Å². The Hall–Kier alpha value is -1.37. The minimum absolute atomic E-state index is 0.0234. The van der Waals surface area contributed by atoms with E-state index in [4.69, 9.17) is 20.9 Å². The van der Waals surface area contributed by atoms with E-state index in [1.165, 1.54) is 11.3 Å². The molecule has 1 unspecified atom stereocenters. The number of carbonyl (C=O) groups is 1. The van der Waals surface area contributed by atoms with Gasteiger partial charge in [0.25, 0.3) is 0 Å². The third-order valence-corrected chi connectivity index (χ3v) is 4.79. The van der Waals surface area contributed by atoms with Crippen LogP contribution in [0.25, 0.3) is 0 Å². The lowest BCUT2D eigenvalue weighted by Crippen LogP contribution is -2.29. The van der Waals surface area contributed by atoms with Crippen molar-refractivity contribution in [2.24, 2.45) is 0 Å². The molecule has 0 aromatic carbocycles. The van der Waals surface area contributed by atoms with Crippen LogP contribution in [0.1, 0.15) is 34.4 Å². The zero-order valence-electron chi connectivity index (χ0n) is 12.8. The highest BCUT2D eigenvalue weighted by molar-refractivity contribution is 7.16. The lowest BCUT2D eigenvalue weighted by Gasteiger charge is -2.14. The van der Waals surface area contributed by atoms with Crippen molar-refractivity contribution in [3.63, 3.8) is 0 Å². The first-order chi connectivity index (χ1) is 10.5. The molecule has 5 nitrogen and oxygen atoms in total. The number of ether oxygens (including phenoxy) is 1. The second-order valence-electron chi connectivity index (χ2n) is 4.97. The van der Waals surface area contributed by atoms with Gasteiger partial charge in [-0.05, 0) is 32.4 Å². The molecule has 7 heteroatoms. The van der Waals surface area contributed by atoms with Crippen molar-refractivity contribution in [1.29, 1.82) is 0 Å². The Bertz CT molecular complexity index is 619. The van der Waals surface area contributed by atoms with Crippen LogP contribution in [-0.4, -0.2) is 24.7 Å². The first-order valence-corrected chi connectivity index (χ1v) is 8.17. The van der Waals surface area contributed by atoms with Crippen molar-refractivity contribution in [2.75, 3.05) is 13.7 Å². The van der Waals surface area contributed by atoms with Gasteiger partial charge in [-0.1, -0.05) is 16.8 Å². The lowest BCUT2D eigenvalue weighted by atomic mass is 10.1. The van der Waals surface area contributed by atoms with E-state index in [2.05, 4.69) is 10.5 Å². The quantitative estimate of drug-likeness (QED) is 0.837. The van der Waals surface area contributed by atoms with Crippen LogP contribution < -0.4 is 5.32 Å². The van der Waals surface area contributed by atoms with Crippen molar-refractivity contribution >= 4 is 28.8 Å². The number of rotatable bonds is 7. The standard InChI is InChI=1S/C15H19ClN2O3S/c1-9-11(10(2)21-18-9)4-7-15(19)17-8-12(20-3)13-5-6-14(16)22-13/h5-6,12H,4,7-8H2,1-3H3,(H,17,19). The Morgan fingerprint density at radius 1 is 1.50 bits per heavy atom. The Kier molecular flexibility index (Phi) is 5.99. The van der Waals surface area contributed by atoms with Gasteiger partial charge in [0.2, 0.25) is 5.91 Å². The molecule has 2 aromatic rings. The van der Waals surface area contributed by atoms with Gasteiger partial charge in [0.15, 0.2) is 0 Å². The summed E-state index contributed by atoms with van der Waals surface area (Å²) in [5, 5.41) is 6.78. The van der Waals surface area contributed by atoms with E-state index in [0.717, 1.165) is 21.9 Å². The van der Waals surface area contributed by atoms with Crippen molar-refractivity contribution in [1.82, 2.24) is 10.5 Å². The SMILES string of the molecule is COC(CNC(=O)CCc1c(C)noc1C)c1ccc(Cl)s1. The monoisotopic (exact) mass is 342 g/mol. The number of aryl methyl sites for hydroxylation is 2.